The average Bonchev–Trinajstić information content (AvgIpc) is 2.35. The van der Waals surface area contributed by atoms with Crippen LogP contribution in [-0.2, 0) is 0 Å². The third-order valence-corrected chi connectivity index (χ3v) is 3.33. The van der Waals surface area contributed by atoms with E-state index in [4.69, 9.17) is 5.11 Å². The molecule has 0 atom stereocenters. The second-order valence-electron chi connectivity index (χ2n) is 4.17. The first kappa shape index (κ1) is 15.6. The number of aliphatic hydroxyl groups is 1. The van der Waals surface area contributed by atoms with Crippen LogP contribution in [0.1, 0.15) is 10.4 Å². The summed E-state index contributed by atoms with van der Waals surface area (Å²) in [5.41, 5.74) is 0.233. The van der Waals surface area contributed by atoms with E-state index >= 15 is 0 Å². The van der Waals surface area contributed by atoms with Gasteiger partial charge in [-0.25, -0.2) is 0 Å². The molecule has 7 heteroatoms. The second kappa shape index (κ2) is 7.22. The molecule has 1 N–H and O–H groups in total. The van der Waals surface area contributed by atoms with Gasteiger partial charge in [-0.2, -0.15) is 0 Å². The Bertz CT molecular complexity index is 477. The molecule has 0 saturated carbocycles. The van der Waals surface area contributed by atoms with E-state index in [-0.39, 0.29) is 24.6 Å². The zero-order valence-electron chi connectivity index (χ0n) is 10.8. The lowest BCUT2D eigenvalue weighted by Gasteiger charge is -2.09. The molecule has 0 unspecified atom stereocenters. The van der Waals surface area contributed by atoms with Gasteiger partial charge in [0.05, 0.1) is 23.0 Å². The number of carbonyl (C=O) groups excluding carboxylic acids is 1. The summed E-state index contributed by atoms with van der Waals surface area (Å²) in [6.07, 6.45) is 0. The Labute approximate surface area is 115 Å². The van der Waals surface area contributed by atoms with Crippen LogP contribution in [0.4, 0.5) is 5.69 Å². The van der Waals surface area contributed by atoms with E-state index < -0.39 is 4.92 Å². The lowest BCUT2D eigenvalue weighted by Crippen LogP contribution is -2.21. The normalized spacial score (nSPS) is 10.7. The van der Waals surface area contributed by atoms with Crippen molar-refractivity contribution in [3.63, 3.8) is 0 Å². The van der Waals surface area contributed by atoms with Crippen LogP contribution in [0.25, 0.3) is 0 Å². The molecule has 0 aliphatic rings. The van der Waals surface area contributed by atoms with Gasteiger partial charge in [-0.3, -0.25) is 14.9 Å². The molecule has 0 fully saturated rings. The van der Waals surface area contributed by atoms with E-state index in [1.165, 1.54) is 17.8 Å². The first-order chi connectivity index (χ1) is 8.95. The predicted octanol–water partition coefficient (Wildman–Crippen LogP) is 1.42. The van der Waals surface area contributed by atoms with Gasteiger partial charge in [-0.05, 0) is 26.2 Å². The van der Waals surface area contributed by atoms with Crippen LogP contribution in [-0.4, -0.2) is 53.7 Å². The zero-order valence-corrected chi connectivity index (χ0v) is 11.6. The smallest absolute Gasteiger partial charge is 0.283 e. The molecule has 0 spiro atoms. The number of rotatable bonds is 7. The van der Waals surface area contributed by atoms with Gasteiger partial charge < -0.3 is 10.0 Å². The molecule has 1 aromatic carbocycles. The third kappa shape index (κ3) is 4.62. The second-order valence-corrected chi connectivity index (χ2v) is 5.31. The number of carbonyl (C=O) groups is 1. The number of nitro groups is 1. The van der Waals surface area contributed by atoms with Gasteiger partial charge in [0, 0.05) is 17.4 Å². The van der Waals surface area contributed by atoms with Crippen molar-refractivity contribution >= 4 is 23.2 Å². The van der Waals surface area contributed by atoms with Gasteiger partial charge in [0.25, 0.3) is 5.69 Å². The standard InChI is InChI=1S/C12H16N2O4S/c1-13(2)8-11(16)9-3-4-12(19-6-5-15)10(7-9)14(17)18/h3-4,7,15H,5-6,8H2,1-2H3. The van der Waals surface area contributed by atoms with Crippen LogP contribution >= 0.6 is 11.8 Å². The molecule has 6 nitrogen and oxygen atoms in total. The first-order valence-electron chi connectivity index (χ1n) is 5.65. The van der Waals surface area contributed by atoms with Crippen molar-refractivity contribution in [3.8, 4) is 0 Å². The minimum Gasteiger partial charge on any atom is -0.396 e. The Balaban J connectivity index is 3.02. The molecule has 104 valence electrons. The van der Waals surface area contributed by atoms with E-state index in [2.05, 4.69) is 0 Å². The Hall–Kier alpha value is -1.44. The Morgan fingerprint density at radius 3 is 2.68 bits per heavy atom. The van der Waals surface area contributed by atoms with Crippen LogP contribution in [0, 0.1) is 10.1 Å². The molecular weight excluding hydrogens is 268 g/mol. The number of hydrogen-bond donors (Lipinski definition) is 1. The molecular formula is C12H16N2O4S. The third-order valence-electron chi connectivity index (χ3n) is 2.29. The number of ketones is 1. The van der Waals surface area contributed by atoms with Crippen LogP contribution in [0.5, 0.6) is 0 Å². The number of hydrogen-bond acceptors (Lipinski definition) is 6. The summed E-state index contributed by atoms with van der Waals surface area (Å²) in [5, 5.41) is 19.7. The highest BCUT2D eigenvalue weighted by molar-refractivity contribution is 7.99. The number of nitro benzene ring substituents is 1. The van der Waals surface area contributed by atoms with Crippen LogP contribution in [0.15, 0.2) is 23.1 Å². The molecule has 0 amide bonds. The Morgan fingerprint density at radius 2 is 2.16 bits per heavy atom. The van der Waals surface area contributed by atoms with Crippen LogP contribution in [0.2, 0.25) is 0 Å². The Kier molecular flexibility index (Phi) is 5.94. The van der Waals surface area contributed by atoms with E-state index in [0.717, 1.165) is 0 Å². The summed E-state index contributed by atoms with van der Waals surface area (Å²) in [7, 11) is 3.52. The molecule has 1 rings (SSSR count). The summed E-state index contributed by atoms with van der Waals surface area (Å²) >= 11 is 1.20. The molecule has 0 aromatic heterocycles. The van der Waals surface area contributed by atoms with Crippen molar-refractivity contribution in [1.29, 1.82) is 0 Å². The number of Topliss-reactive ketones (excluding diaryl/α,β-unsaturated/α-hetero) is 1. The van der Waals surface area contributed by atoms with Crippen molar-refractivity contribution in [2.24, 2.45) is 0 Å². The fraction of sp³-hybridized carbons (Fsp3) is 0.417. The van der Waals surface area contributed by atoms with Crippen molar-refractivity contribution in [3.05, 3.63) is 33.9 Å². The lowest BCUT2D eigenvalue weighted by molar-refractivity contribution is -0.387. The van der Waals surface area contributed by atoms with E-state index in [9.17, 15) is 14.9 Å². The SMILES string of the molecule is CN(C)CC(=O)c1ccc(SCCO)c([N+](=O)[O-])c1. The lowest BCUT2D eigenvalue weighted by atomic mass is 10.1. The summed E-state index contributed by atoms with van der Waals surface area (Å²) < 4.78 is 0. The fourth-order valence-corrected chi connectivity index (χ4v) is 2.25. The van der Waals surface area contributed by atoms with Gasteiger partial charge >= 0.3 is 0 Å². The highest BCUT2D eigenvalue weighted by Crippen LogP contribution is 2.30. The summed E-state index contributed by atoms with van der Waals surface area (Å²) in [5.74, 6) is 0.220. The topological polar surface area (TPSA) is 83.7 Å². The predicted molar refractivity (Wildman–Crippen MR) is 73.8 cm³/mol. The molecule has 0 saturated heterocycles. The van der Waals surface area contributed by atoms with Gasteiger partial charge in [0.15, 0.2) is 5.78 Å². The van der Waals surface area contributed by atoms with Crippen molar-refractivity contribution in [1.82, 2.24) is 4.90 Å². The fourth-order valence-electron chi connectivity index (χ4n) is 1.49. The molecule has 0 bridgehead atoms. The maximum absolute atomic E-state index is 11.8. The largest absolute Gasteiger partial charge is 0.396 e. The summed E-state index contributed by atoms with van der Waals surface area (Å²) in [4.78, 5) is 24.5. The van der Waals surface area contributed by atoms with Crippen molar-refractivity contribution < 1.29 is 14.8 Å². The number of nitrogens with zero attached hydrogens (tertiary/aromatic N) is 2. The minimum atomic E-state index is -0.508. The zero-order chi connectivity index (χ0) is 14.4. The first-order valence-corrected chi connectivity index (χ1v) is 6.64. The van der Waals surface area contributed by atoms with Crippen molar-refractivity contribution in [2.45, 2.75) is 4.90 Å². The number of thioether (sulfide) groups is 1. The summed E-state index contributed by atoms with van der Waals surface area (Å²) in [6, 6.07) is 4.44. The van der Waals surface area contributed by atoms with Crippen LogP contribution in [0.3, 0.4) is 0 Å². The van der Waals surface area contributed by atoms with Gasteiger partial charge in [0.2, 0.25) is 0 Å². The minimum absolute atomic E-state index is 0.0524. The summed E-state index contributed by atoms with van der Waals surface area (Å²) in [6.45, 7) is 0.156. The molecule has 0 heterocycles. The molecule has 0 radical (unpaired) electrons. The quantitative estimate of drug-likeness (QED) is 0.353. The number of likely N-dealkylation sites (N-methyl/N-ethyl adjacent to an activating group) is 1. The maximum atomic E-state index is 11.8. The van der Waals surface area contributed by atoms with Gasteiger partial charge in [-0.1, -0.05) is 0 Å². The van der Waals surface area contributed by atoms with E-state index in [0.29, 0.717) is 16.2 Å². The molecule has 1 aromatic rings. The molecule has 0 aliphatic heterocycles. The monoisotopic (exact) mass is 284 g/mol. The van der Waals surface area contributed by atoms with Crippen molar-refractivity contribution in [2.75, 3.05) is 33.0 Å². The van der Waals surface area contributed by atoms with E-state index in [1.807, 2.05) is 0 Å². The highest BCUT2D eigenvalue weighted by atomic mass is 32.2. The Morgan fingerprint density at radius 1 is 1.47 bits per heavy atom. The average molecular weight is 284 g/mol. The van der Waals surface area contributed by atoms with Gasteiger partial charge in [-0.15, -0.1) is 11.8 Å². The maximum Gasteiger partial charge on any atom is 0.283 e. The molecule has 19 heavy (non-hydrogen) atoms. The molecule has 0 aliphatic carbocycles. The van der Waals surface area contributed by atoms with Gasteiger partial charge in [0.1, 0.15) is 0 Å². The van der Waals surface area contributed by atoms with E-state index in [1.54, 1.807) is 31.1 Å². The number of benzene rings is 1. The van der Waals surface area contributed by atoms with Crippen LogP contribution < -0.4 is 0 Å². The number of aliphatic hydroxyl groups excluding tert-OH is 1. The highest BCUT2D eigenvalue weighted by Gasteiger charge is 2.18.